The number of aromatic nitrogens is 2. The largest absolute Gasteiger partial charge is 0.227 e. The minimum Gasteiger partial charge on any atom is -0.227 e. The molecule has 1 aromatic heterocycles. The van der Waals surface area contributed by atoms with Crippen molar-refractivity contribution in [1.29, 1.82) is 0 Å². The molecule has 0 unspecified atom stereocenters. The fourth-order valence-electron chi connectivity index (χ4n) is 1.32. The van der Waals surface area contributed by atoms with Crippen molar-refractivity contribution in [3.63, 3.8) is 0 Å². The monoisotopic (exact) mass is 222 g/mol. The highest BCUT2D eigenvalue weighted by atomic mass is 35.5. The number of hydrogen-bond acceptors (Lipinski definition) is 2. The lowest BCUT2D eigenvalue weighted by molar-refractivity contribution is 0.626. The van der Waals surface area contributed by atoms with Crippen LogP contribution in [0.1, 0.15) is 11.3 Å². The van der Waals surface area contributed by atoms with Gasteiger partial charge in [-0.2, -0.15) is 0 Å². The molecule has 15 heavy (non-hydrogen) atoms. The molecule has 0 bridgehead atoms. The van der Waals surface area contributed by atoms with E-state index in [1.807, 2.05) is 6.07 Å². The molecule has 0 radical (unpaired) electrons. The molecular formula is C11H8ClFN2. The second-order valence-corrected chi connectivity index (χ2v) is 3.46. The van der Waals surface area contributed by atoms with Crippen LogP contribution in [0.25, 0.3) is 0 Å². The first-order chi connectivity index (χ1) is 7.24. The van der Waals surface area contributed by atoms with Crippen LogP contribution in [-0.4, -0.2) is 9.97 Å². The van der Waals surface area contributed by atoms with Crippen molar-refractivity contribution < 1.29 is 4.39 Å². The second kappa shape index (κ2) is 4.36. The molecule has 2 aromatic rings. The van der Waals surface area contributed by atoms with E-state index < -0.39 is 0 Å². The van der Waals surface area contributed by atoms with E-state index in [9.17, 15) is 4.39 Å². The van der Waals surface area contributed by atoms with Crippen LogP contribution in [0.2, 0.25) is 5.28 Å². The zero-order valence-corrected chi connectivity index (χ0v) is 8.58. The topological polar surface area (TPSA) is 25.8 Å². The summed E-state index contributed by atoms with van der Waals surface area (Å²) in [6, 6.07) is 8.18. The first-order valence-corrected chi connectivity index (χ1v) is 4.84. The van der Waals surface area contributed by atoms with Crippen molar-refractivity contribution in [3.05, 3.63) is 58.9 Å². The highest BCUT2D eigenvalue weighted by Crippen LogP contribution is 2.10. The summed E-state index contributed by atoms with van der Waals surface area (Å²) < 4.78 is 12.9. The van der Waals surface area contributed by atoms with Crippen molar-refractivity contribution in [2.45, 2.75) is 6.42 Å². The Morgan fingerprint density at radius 3 is 2.87 bits per heavy atom. The molecule has 0 atom stereocenters. The Kier molecular flexibility index (Phi) is 2.92. The maximum Gasteiger partial charge on any atom is 0.222 e. The van der Waals surface area contributed by atoms with E-state index in [1.165, 1.54) is 12.1 Å². The Bertz CT molecular complexity index is 430. The van der Waals surface area contributed by atoms with Crippen LogP contribution in [0.5, 0.6) is 0 Å². The lowest BCUT2D eigenvalue weighted by Gasteiger charge is -2.00. The first kappa shape index (κ1) is 10.1. The molecule has 2 nitrogen and oxygen atoms in total. The minimum absolute atomic E-state index is 0.212. The maximum atomic E-state index is 12.9. The third kappa shape index (κ3) is 2.73. The fourth-order valence-corrected chi connectivity index (χ4v) is 1.49. The maximum absolute atomic E-state index is 12.9. The lowest BCUT2D eigenvalue weighted by atomic mass is 10.1. The molecule has 4 heteroatoms. The van der Waals surface area contributed by atoms with Gasteiger partial charge in [0.25, 0.3) is 0 Å². The molecule has 0 saturated heterocycles. The van der Waals surface area contributed by atoms with Gasteiger partial charge in [-0.3, -0.25) is 0 Å². The molecule has 0 spiro atoms. The second-order valence-electron chi connectivity index (χ2n) is 3.12. The summed E-state index contributed by atoms with van der Waals surface area (Å²) in [4.78, 5) is 7.81. The first-order valence-electron chi connectivity index (χ1n) is 4.46. The van der Waals surface area contributed by atoms with E-state index >= 15 is 0 Å². The van der Waals surface area contributed by atoms with Gasteiger partial charge in [-0.15, -0.1) is 0 Å². The van der Waals surface area contributed by atoms with Crippen LogP contribution in [0, 0.1) is 5.82 Å². The van der Waals surface area contributed by atoms with E-state index in [2.05, 4.69) is 9.97 Å². The SMILES string of the molecule is Fc1cccc(Cc2ccnc(Cl)n2)c1. The van der Waals surface area contributed by atoms with Gasteiger partial charge in [0, 0.05) is 18.3 Å². The minimum atomic E-state index is -0.243. The van der Waals surface area contributed by atoms with E-state index in [4.69, 9.17) is 11.6 Å². The smallest absolute Gasteiger partial charge is 0.222 e. The quantitative estimate of drug-likeness (QED) is 0.731. The van der Waals surface area contributed by atoms with Gasteiger partial charge in [0.2, 0.25) is 5.28 Å². The average molecular weight is 223 g/mol. The van der Waals surface area contributed by atoms with E-state index in [0.29, 0.717) is 6.42 Å². The van der Waals surface area contributed by atoms with Crippen LogP contribution < -0.4 is 0 Å². The molecule has 0 aliphatic rings. The predicted octanol–water partition coefficient (Wildman–Crippen LogP) is 2.86. The molecule has 0 fully saturated rings. The molecule has 1 aromatic carbocycles. The van der Waals surface area contributed by atoms with Crippen LogP contribution in [0.3, 0.4) is 0 Å². The average Bonchev–Trinajstić information content (AvgIpc) is 2.17. The Morgan fingerprint density at radius 2 is 2.13 bits per heavy atom. The summed E-state index contributed by atoms with van der Waals surface area (Å²) in [5.41, 5.74) is 1.64. The van der Waals surface area contributed by atoms with Crippen LogP contribution in [0.15, 0.2) is 36.5 Å². The normalized spacial score (nSPS) is 10.3. The number of rotatable bonds is 2. The zero-order valence-electron chi connectivity index (χ0n) is 7.82. The van der Waals surface area contributed by atoms with Gasteiger partial charge in [-0.1, -0.05) is 12.1 Å². The van der Waals surface area contributed by atoms with Crippen LogP contribution in [-0.2, 0) is 6.42 Å². The number of halogens is 2. The van der Waals surface area contributed by atoms with E-state index in [0.717, 1.165) is 11.3 Å². The summed E-state index contributed by atoms with van der Waals surface area (Å²) in [6.45, 7) is 0. The van der Waals surface area contributed by atoms with Crippen molar-refractivity contribution >= 4 is 11.6 Å². The summed E-state index contributed by atoms with van der Waals surface area (Å²) in [6.07, 6.45) is 2.14. The molecule has 0 amide bonds. The third-order valence-electron chi connectivity index (χ3n) is 1.96. The van der Waals surface area contributed by atoms with Crippen LogP contribution >= 0.6 is 11.6 Å². The molecular weight excluding hydrogens is 215 g/mol. The molecule has 0 aliphatic carbocycles. The van der Waals surface area contributed by atoms with Crippen LogP contribution in [0.4, 0.5) is 4.39 Å². The van der Waals surface area contributed by atoms with Gasteiger partial charge in [0.1, 0.15) is 5.82 Å². The van der Waals surface area contributed by atoms with Gasteiger partial charge >= 0.3 is 0 Å². The van der Waals surface area contributed by atoms with E-state index in [-0.39, 0.29) is 11.1 Å². The van der Waals surface area contributed by atoms with Gasteiger partial charge in [-0.25, -0.2) is 14.4 Å². The summed E-state index contributed by atoms with van der Waals surface area (Å²) in [7, 11) is 0. The number of benzene rings is 1. The number of hydrogen-bond donors (Lipinski definition) is 0. The zero-order chi connectivity index (χ0) is 10.7. The summed E-state index contributed by atoms with van der Waals surface area (Å²) in [5.74, 6) is -0.243. The predicted molar refractivity (Wildman–Crippen MR) is 56.2 cm³/mol. The van der Waals surface area contributed by atoms with E-state index in [1.54, 1.807) is 18.3 Å². The molecule has 1 heterocycles. The molecule has 0 aliphatic heterocycles. The Labute approximate surface area is 91.8 Å². The van der Waals surface area contributed by atoms with Gasteiger partial charge in [0.05, 0.1) is 0 Å². The van der Waals surface area contributed by atoms with Crippen molar-refractivity contribution in [3.8, 4) is 0 Å². The number of nitrogens with zero attached hydrogens (tertiary/aromatic N) is 2. The third-order valence-corrected chi connectivity index (χ3v) is 2.14. The molecule has 0 saturated carbocycles. The summed E-state index contributed by atoms with van der Waals surface area (Å²) in [5, 5.41) is 0.212. The summed E-state index contributed by atoms with van der Waals surface area (Å²) >= 11 is 5.65. The van der Waals surface area contributed by atoms with Gasteiger partial charge in [0.15, 0.2) is 0 Å². The Balaban J connectivity index is 2.22. The van der Waals surface area contributed by atoms with Crippen molar-refractivity contribution in [1.82, 2.24) is 9.97 Å². The molecule has 76 valence electrons. The highest BCUT2D eigenvalue weighted by Gasteiger charge is 2.00. The van der Waals surface area contributed by atoms with Gasteiger partial charge in [-0.05, 0) is 35.4 Å². The van der Waals surface area contributed by atoms with Crippen molar-refractivity contribution in [2.24, 2.45) is 0 Å². The molecule has 2 rings (SSSR count). The fraction of sp³-hybridized carbons (Fsp3) is 0.0909. The van der Waals surface area contributed by atoms with Gasteiger partial charge < -0.3 is 0 Å². The Hall–Kier alpha value is -1.48. The van der Waals surface area contributed by atoms with Crippen molar-refractivity contribution in [2.75, 3.05) is 0 Å². The lowest BCUT2D eigenvalue weighted by Crippen LogP contribution is -1.94. The highest BCUT2D eigenvalue weighted by molar-refractivity contribution is 6.28. The Morgan fingerprint density at radius 1 is 1.27 bits per heavy atom. The molecule has 0 N–H and O–H groups in total. The standard InChI is InChI=1S/C11H8ClFN2/c12-11-14-5-4-10(15-11)7-8-2-1-3-9(13)6-8/h1-6H,7H2.